The van der Waals surface area contributed by atoms with E-state index in [2.05, 4.69) is 20.6 Å². The number of hydrogen-bond donors (Lipinski definition) is 3. The van der Waals surface area contributed by atoms with E-state index in [0.717, 1.165) is 30.5 Å². The first kappa shape index (κ1) is 11.5. The number of aromatic nitrogens is 2. The van der Waals surface area contributed by atoms with Gasteiger partial charge in [-0.05, 0) is 44.0 Å². The number of nitrogens with one attached hydrogen (secondary N) is 3. The Morgan fingerprint density at radius 1 is 1.44 bits per heavy atom. The number of anilines is 1. The van der Waals surface area contributed by atoms with Crippen LogP contribution in [0.25, 0.3) is 11.0 Å². The highest BCUT2D eigenvalue weighted by atomic mass is 19.1. The highest BCUT2D eigenvalue weighted by Gasteiger charge is 2.13. The smallest absolute Gasteiger partial charge is 0.201 e. The van der Waals surface area contributed by atoms with Crippen molar-refractivity contribution in [3.8, 4) is 0 Å². The Hall–Kier alpha value is -1.62. The maximum Gasteiger partial charge on any atom is 0.201 e. The lowest BCUT2D eigenvalue weighted by Gasteiger charge is -2.09. The molecule has 3 rings (SSSR count). The second-order valence-electron chi connectivity index (χ2n) is 4.76. The van der Waals surface area contributed by atoms with Crippen molar-refractivity contribution in [3.63, 3.8) is 0 Å². The summed E-state index contributed by atoms with van der Waals surface area (Å²) in [5.74, 6) is 0.474. The first-order valence-electron chi connectivity index (χ1n) is 6.44. The van der Waals surface area contributed by atoms with Gasteiger partial charge in [0.05, 0.1) is 11.0 Å². The van der Waals surface area contributed by atoms with Crippen molar-refractivity contribution >= 4 is 17.0 Å². The zero-order valence-corrected chi connectivity index (χ0v) is 10.2. The number of halogens is 1. The zero-order chi connectivity index (χ0) is 12.4. The third-order valence-electron chi connectivity index (χ3n) is 3.39. The number of fused-ring (bicyclic) bond motifs is 1. The van der Waals surface area contributed by atoms with Crippen molar-refractivity contribution in [2.24, 2.45) is 0 Å². The van der Waals surface area contributed by atoms with Crippen molar-refractivity contribution in [2.75, 3.05) is 18.4 Å². The fraction of sp³-hybridized carbons (Fsp3) is 0.462. The summed E-state index contributed by atoms with van der Waals surface area (Å²) in [4.78, 5) is 7.44. The van der Waals surface area contributed by atoms with Crippen LogP contribution < -0.4 is 10.6 Å². The molecule has 2 aromatic rings. The molecule has 0 spiro atoms. The Labute approximate surface area is 105 Å². The van der Waals surface area contributed by atoms with Gasteiger partial charge in [-0.3, -0.25) is 0 Å². The molecule has 0 saturated carbocycles. The molecular formula is C13H17FN4. The van der Waals surface area contributed by atoms with Gasteiger partial charge in [0.2, 0.25) is 5.95 Å². The largest absolute Gasteiger partial charge is 0.356 e. The number of hydrogen-bond acceptors (Lipinski definition) is 3. The van der Waals surface area contributed by atoms with Crippen LogP contribution in [0.4, 0.5) is 10.3 Å². The van der Waals surface area contributed by atoms with Crippen molar-refractivity contribution in [2.45, 2.75) is 25.3 Å². The first-order chi connectivity index (χ1) is 8.81. The fourth-order valence-corrected chi connectivity index (χ4v) is 2.43. The van der Waals surface area contributed by atoms with E-state index in [-0.39, 0.29) is 5.82 Å². The second-order valence-corrected chi connectivity index (χ2v) is 4.76. The monoisotopic (exact) mass is 248 g/mol. The number of rotatable bonds is 4. The predicted octanol–water partition coefficient (Wildman–Crippen LogP) is 2.26. The average Bonchev–Trinajstić information content (AvgIpc) is 2.97. The van der Waals surface area contributed by atoms with Crippen molar-refractivity contribution in [1.29, 1.82) is 0 Å². The molecule has 1 atom stereocenters. The summed E-state index contributed by atoms with van der Waals surface area (Å²) in [6.07, 6.45) is 3.62. The summed E-state index contributed by atoms with van der Waals surface area (Å²) in [6.45, 7) is 2.01. The highest BCUT2D eigenvalue weighted by molar-refractivity contribution is 5.77. The van der Waals surface area contributed by atoms with E-state index in [9.17, 15) is 4.39 Å². The molecule has 1 aliphatic rings. The van der Waals surface area contributed by atoms with Crippen LogP contribution in [0.15, 0.2) is 18.2 Å². The maximum atomic E-state index is 13.0. The Balaban J connectivity index is 1.60. The van der Waals surface area contributed by atoms with Crippen LogP contribution in [0.5, 0.6) is 0 Å². The normalized spacial score (nSPS) is 19.5. The van der Waals surface area contributed by atoms with Crippen molar-refractivity contribution in [1.82, 2.24) is 15.3 Å². The van der Waals surface area contributed by atoms with Crippen LogP contribution in [-0.2, 0) is 0 Å². The third-order valence-corrected chi connectivity index (χ3v) is 3.39. The van der Waals surface area contributed by atoms with Gasteiger partial charge in [-0.1, -0.05) is 0 Å². The van der Waals surface area contributed by atoms with Gasteiger partial charge in [0.15, 0.2) is 0 Å². The van der Waals surface area contributed by atoms with Gasteiger partial charge in [-0.25, -0.2) is 9.37 Å². The molecule has 18 heavy (non-hydrogen) atoms. The Morgan fingerprint density at radius 3 is 3.22 bits per heavy atom. The van der Waals surface area contributed by atoms with Gasteiger partial charge in [-0.2, -0.15) is 0 Å². The molecule has 5 heteroatoms. The Morgan fingerprint density at radius 2 is 2.39 bits per heavy atom. The van der Waals surface area contributed by atoms with Crippen LogP contribution in [0.3, 0.4) is 0 Å². The molecular weight excluding hydrogens is 231 g/mol. The molecule has 1 aromatic heterocycles. The molecule has 0 aliphatic carbocycles. The minimum atomic E-state index is -0.243. The molecule has 1 aromatic carbocycles. The molecule has 1 unspecified atom stereocenters. The Kier molecular flexibility index (Phi) is 3.15. The van der Waals surface area contributed by atoms with Crippen LogP contribution in [0.2, 0.25) is 0 Å². The quantitative estimate of drug-likeness (QED) is 0.778. The van der Waals surface area contributed by atoms with Crippen LogP contribution in [0.1, 0.15) is 19.3 Å². The number of H-pyrrole nitrogens is 1. The molecule has 0 amide bonds. The molecule has 0 bridgehead atoms. The SMILES string of the molecule is Fc1ccc2nc(NCCC3CCCN3)[nH]c2c1. The first-order valence-corrected chi connectivity index (χ1v) is 6.44. The number of nitrogens with zero attached hydrogens (tertiary/aromatic N) is 1. The van der Waals surface area contributed by atoms with E-state index in [4.69, 9.17) is 0 Å². The standard InChI is InChI=1S/C13H17FN4/c14-9-3-4-11-12(8-9)18-13(17-11)16-7-5-10-2-1-6-15-10/h3-4,8,10,15H,1-2,5-7H2,(H2,16,17,18). The lowest BCUT2D eigenvalue weighted by Crippen LogP contribution is -2.24. The molecule has 0 radical (unpaired) electrons. The van der Waals surface area contributed by atoms with Crippen molar-refractivity contribution < 1.29 is 4.39 Å². The lowest BCUT2D eigenvalue weighted by molar-refractivity contribution is 0.574. The van der Waals surface area contributed by atoms with Crippen molar-refractivity contribution in [3.05, 3.63) is 24.0 Å². The topological polar surface area (TPSA) is 52.7 Å². The summed E-state index contributed by atoms with van der Waals surface area (Å²) in [7, 11) is 0. The van der Waals surface area contributed by atoms with E-state index in [0.29, 0.717) is 12.0 Å². The summed E-state index contributed by atoms with van der Waals surface area (Å²) < 4.78 is 13.0. The minimum Gasteiger partial charge on any atom is -0.356 e. The minimum absolute atomic E-state index is 0.243. The van der Waals surface area contributed by atoms with Gasteiger partial charge in [-0.15, -0.1) is 0 Å². The molecule has 2 heterocycles. The van der Waals surface area contributed by atoms with Gasteiger partial charge in [0, 0.05) is 12.6 Å². The summed E-state index contributed by atoms with van der Waals surface area (Å²) in [5, 5.41) is 6.71. The predicted molar refractivity (Wildman–Crippen MR) is 70.2 cm³/mol. The van der Waals surface area contributed by atoms with Crippen LogP contribution in [0, 0.1) is 5.82 Å². The molecule has 1 saturated heterocycles. The summed E-state index contributed by atoms with van der Waals surface area (Å²) in [5.41, 5.74) is 1.52. The van der Waals surface area contributed by atoms with Crippen LogP contribution in [-0.4, -0.2) is 29.1 Å². The lowest BCUT2D eigenvalue weighted by atomic mass is 10.2. The van der Waals surface area contributed by atoms with E-state index >= 15 is 0 Å². The van der Waals surface area contributed by atoms with Gasteiger partial charge in [0.1, 0.15) is 5.82 Å². The zero-order valence-electron chi connectivity index (χ0n) is 10.2. The van der Waals surface area contributed by atoms with E-state index in [1.165, 1.54) is 25.0 Å². The number of aromatic amines is 1. The molecule has 3 N–H and O–H groups in total. The fourth-order valence-electron chi connectivity index (χ4n) is 2.43. The van der Waals surface area contributed by atoms with E-state index in [1.807, 2.05) is 0 Å². The number of benzene rings is 1. The highest BCUT2D eigenvalue weighted by Crippen LogP contribution is 2.15. The van der Waals surface area contributed by atoms with Gasteiger partial charge >= 0.3 is 0 Å². The maximum absolute atomic E-state index is 13.0. The van der Waals surface area contributed by atoms with Gasteiger partial charge in [0.25, 0.3) is 0 Å². The van der Waals surface area contributed by atoms with E-state index in [1.54, 1.807) is 6.07 Å². The second kappa shape index (κ2) is 4.94. The average molecular weight is 248 g/mol. The molecule has 4 nitrogen and oxygen atoms in total. The van der Waals surface area contributed by atoms with E-state index < -0.39 is 0 Å². The summed E-state index contributed by atoms with van der Waals surface area (Å²) >= 11 is 0. The van der Waals surface area contributed by atoms with Gasteiger partial charge < -0.3 is 15.6 Å². The van der Waals surface area contributed by atoms with Crippen LogP contribution >= 0.6 is 0 Å². The number of imidazole rings is 1. The molecule has 1 aliphatic heterocycles. The summed E-state index contributed by atoms with van der Waals surface area (Å²) in [6, 6.07) is 5.20. The molecule has 96 valence electrons. The third kappa shape index (κ3) is 2.46. The Bertz CT molecular complexity index is 531. The molecule has 1 fully saturated rings.